The minimum absolute atomic E-state index is 0.0323. The number of hydroxylamine groups is 1. The molecule has 0 bridgehead atoms. The van der Waals surface area contributed by atoms with Crippen LogP contribution >= 0.6 is 0 Å². The van der Waals surface area contributed by atoms with Crippen molar-refractivity contribution in [2.24, 2.45) is 0 Å². The molecule has 3 aromatic rings. The second kappa shape index (κ2) is 10.1. The number of rotatable bonds is 7. The predicted molar refractivity (Wildman–Crippen MR) is 125 cm³/mol. The SMILES string of the molecule is C[C@@](CCn1ccc(-c2ccc(C#Cc3ccc(CO)o3)cc2)cc1=O)(C(=O)NO)S(C)(=O)=O. The summed E-state index contributed by atoms with van der Waals surface area (Å²) in [5.74, 6) is 5.67. The third-order valence-corrected chi connectivity index (χ3v) is 7.62. The van der Waals surface area contributed by atoms with E-state index in [-0.39, 0.29) is 25.1 Å². The van der Waals surface area contributed by atoms with Crippen LogP contribution in [0.15, 0.2) is 63.9 Å². The molecule has 0 saturated carbocycles. The number of carbonyl (C=O) groups excluding carboxylic acids is 1. The van der Waals surface area contributed by atoms with Crippen molar-refractivity contribution in [2.75, 3.05) is 6.26 Å². The lowest BCUT2D eigenvalue weighted by Crippen LogP contribution is -2.49. The monoisotopic (exact) mass is 484 g/mol. The first-order valence-electron chi connectivity index (χ1n) is 10.2. The molecular weight excluding hydrogens is 460 g/mol. The summed E-state index contributed by atoms with van der Waals surface area (Å²) < 4.78 is 28.9. The van der Waals surface area contributed by atoms with Crippen molar-refractivity contribution in [3.05, 3.63) is 82.2 Å². The molecule has 0 aliphatic heterocycles. The van der Waals surface area contributed by atoms with Gasteiger partial charge in [0.1, 0.15) is 12.4 Å². The van der Waals surface area contributed by atoms with Crippen LogP contribution in [0.1, 0.15) is 30.4 Å². The second-order valence-electron chi connectivity index (χ2n) is 7.89. The van der Waals surface area contributed by atoms with Gasteiger partial charge in [0.2, 0.25) is 0 Å². The molecule has 0 radical (unpaired) electrons. The normalized spacial score (nSPS) is 12.9. The summed E-state index contributed by atoms with van der Waals surface area (Å²) in [6, 6.07) is 13.7. The van der Waals surface area contributed by atoms with E-state index in [2.05, 4.69) is 11.8 Å². The summed E-state index contributed by atoms with van der Waals surface area (Å²) in [6.45, 7) is 0.981. The van der Waals surface area contributed by atoms with E-state index in [1.165, 1.54) is 29.2 Å². The van der Waals surface area contributed by atoms with E-state index in [1.807, 2.05) is 12.1 Å². The lowest BCUT2D eigenvalue weighted by atomic mass is 10.0. The Labute approximate surface area is 196 Å². The van der Waals surface area contributed by atoms with Gasteiger partial charge >= 0.3 is 0 Å². The summed E-state index contributed by atoms with van der Waals surface area (Å²) >= 11 is 0. The third kappa shape index (κ3) is 5.46. The zero-order valence-corrected chi connectivity index (χ0v) is 19.4. The Hall–Kier alpha value is -3.65. The Balaban J connectivity index is 1.75. The molecule has 0 fully saturated rings. The largest absolute Gasteiger partial charge is 0.450 e. The summed E-state index contributed by atoms with van der Waals surface area (Å²) in [4.78, 5) is 24.5. The first kappa shape index (κ1) is 25.0. The summed E-state index contributed by atoms with van der Waals surface area (Å²) in [6.07, 6.45) is 2.24. The maximum Gasteiger partial charge on any atom is 0.264 e. The summed E-state index contributed by atoms with van der Waals surface area (Å²) in [5.41, 5.74) is 3.22. The van der Waals surface area contributed by atoms with Gasteiger partial charge in [-0.1, -0.05) is 18.1 Å². The molecule has 2 aromatic heterocycles. The molecule has 2 heterocycles. The van der Waals surface area contributed by atoms with E-state index >= 15 is 0 Å². The zero-order valence-electron chi connectivity index (χ0n) is 18.6. The first-order chi connectivity index (χ1) is 16.1. The molecule has 3 N–H and O–H groups in total. The molecular formula is C24H24N2O7S. The van der Waals surface area contributed by atoms with Crippen molar-refractivity contribution in [3.63, 3.8) is 0 Å². The number of carbonyl (C=O) groups is 1. The first-order valence-corrected chi connectivity index (χ1v) is 12.1. The zero-order chi connectivity index (χ0) is 24.9. The van der Waals surface area contributed by atoms with E-state index in [1.54, 1.807) is 30.3 Å². The predicted octanol–water partition coefficient (Wildman–Crippen LogP) is 1.70. The van der Waals surface area contributed by atoms with Gasteiger partial charge < -0.3 is 14.1 Å². The lowest BCUT2D eigenvalue weighted by molar-refractivity contribution is -0.131. The number of aromatic nitrogens is 1. The van der Waals surface area contributed by atoms with Crippen LogP contribution in [0.2, 0.25) is 0 Å². The highest BCUT2D eigenvalue weighted by Crippen LogP contribution is 2.23. The molecule has 0 aliphatic rings. The van der Waals surface area contributed by atoms with Gasteiger partial charge in [0.25, 0.3) is 11.5 Å². The van der Waals surface area contributed by atoms with Crippen LogP contribution in [-0.4, -0.2) is 40.2 Å². The number of sulfone groups is 1. The Morgan fingerprint density at radius 3 is 2.38 bits per heavy atom. The smallest absolute Gasteiger partial charge is 0.264 e. The molecule has 34 heavy (non-hydrogen) atoms. The van der Waals surface area contributed by atoms with Crippen LogP contribution in [0.25, 0.3) is 11.1 Å². The molecule has 10 heteroatoms. The molecule has 1 atom stereocenters. The van der Waals surface area contributed by atoms with Gasteiger partial charge in [-0.05, 0) is 60.7 Å². The van der Waals surface area contributed by atoms with Crippen LogP contribution in [0.5, 0.6) is 0 Å². The molecule has 0 unspecified atom stereocenters. The third-order valence-electron chi connectivity index (χ3n) is 5.59. The standard InChI is InChI=1S/C24H24N2O7S/c1-24(23(29)25-30,34(2,31)32)12-14-26-13-11-19(15-22(26)28)18-6-3-17(4-7-18)5-8-20-9-10-21(16-27)33-20/h3-4,6-7,9-11,13,15,27,30H,12,14,16H2,1-2H3,(H,25,29)/t24-/m1/s1. The molecule has 1 amide bonds. The van der Waals surface area contributed by atoms with Crippen LogP contribution < -0.4 is 11.0 Å². The highest BCUT2D eigenvalue weighted by atomic mass is 32.2. The number of furan rings is 1. The average molecular weight is 485 g/mol. The van der Waals surface area contributed by atoms with Crippen LogP contribution in [0.4, 0.5) is 0 Å². The molecule has 1 aromatic carbocycles. The van der Waals surface area contributed by atoms with Crippen LogP contribution in [0, 0.1) is 11.8 Å². The van der Waals surface area contributed by atoms with Crippen molar-refractivity contribution in [1.29, 1.82) is 0 Å². The lowest BCUT2D eigenvalue weighted by Gasteiger charge is -2.25. The molecule has 0 spiro atoms. The van der Waals surface area contributed by atoms with Gasteiger partial charge in [-0.2, -0.15) is 0 Å². The summed E-state index contributed by atoms with van der Waals surface area (Å²) in [5, 5.41) is 17.9. The number of aliphatic hydroxyl groups is 1. The Bertz CT molecular complexity index is 1410. The van der Waals surface area contributed by atoms with Crippen LogP contribution in [0.3, 0.4) is 0 Å². The quantitative estimate of drug-likeness (QED) is 0.264. The van der Waals surface area contributed by atoms with Crippen molar-refractivity contribution >= 4 is 15.7 Å². The minimum atomic E-state index is -3.85. The number of amides is 1. The number of aryl methyl sites for hydroxylation is 1. The van der Waals surface area contributed by atoms with E-state index in [9.17, 15) is 18.0 Å². The van der Waals surface area contributed by atoms with Crippen molar-refractivity contribution < 1.29 is 27.9 Å². The van der Waals surface area contributed by atoms with E-state index in [0.717, 1.165) is 17.4 Å². The van der Waals surface area contributed by atoms with Crippen molar-refractivity contribution in [2.45, 2.75) is 31.2 Å². The average Bonchev–Trinajstić information content (AvgIpc) is 3.29. The molecule has 3 rings (SSSR count). The fraction of sp³-hybridized carbons (Fsp3) is 0.250. The number of nitrogens with zero attached hydrogens (tertiary/aromatic N) is 1. The van der Waals surface area contributed by atoms with Gasteiger partial charge in [-0.25, -0.2) is 13.9 Å². The maximum absolute atomic E-state index is 12.6. The Morgan fingerprint density at radius 1 is 1.12 bits per heavy atom. The highest BCUT2D eigenvalue weighted by molar-refractivity contribution is 7.92. The Kier molecular flexibility index (Phi) is 7.41. The number of benzene rings is 1. The van der Waals surface area contributed by atoms with Gasteiger partial charge in [-0.15, -0.1) is 0 Å². The van der Waals surface area contributed by atoms with E-state index < -0.39 is 20.5 Å². The Morgan fingerprint density at radius 2 is 1.82 bits per heavy atom. The fourth-order valence-electron chi connectivity index (χ4n) is 3.20. The van der Waals surface area contributed by atoms with Gasteiger partial charge in [0, 0.05) is 30.6 Å². The second-order valence-corrected chi connectivity index (χ2v) is 10.3. The number of nitrogens with one attached hydrogen (secondary N) is 1. The number of pyridine rings is 1. The van der Waals surface area contributed by atoms with E-state index in [4.69, 9.17) is 14.7 Å². The van der Waals surface area contributed by atoms with Crippen molar-refractivity contribution in [3.8, 4) is 23.0 Å². The summed E-state index contributed by atoms with van der Waals surface area (Å²) in [7, 11) is -3.85. The molecule has 9 nitrogen and oxygen atoms in total. The molecule has 0 saturated heterocycles. The van der Waals surface area contributed by atoms with E-state index in [0.29, 0.717) is 17.1 Å². The van der Waals surface area contributed by atoms with Gasteiger partial charge in [-0.3, -0.25) is 14.8 Å². The molecule has 178 valence electrons. The number of hydrogen-bond donors (Lipinski definition) is 3. The van der Waals surface area contributed by atoms with Crippen LogP contribution in [-0.2, 0) is 27.8 Å². The van der Waals surface area contributed by atoms with Gasteiger partial charge in [0.05, 0.1) is 0 Å². The topological polar surface area (TPSA) is 139 Å². The fourth-order valence-corrected chi connectivity index (χ4v) is 4.05. The van der Waals surface area contributed by atoms with Gasteiger partial charge in [0.15, 0.2) is 20.3 Å². The van der Waals surface area contributed by atoms with Crippen molar-refractivity contribution in [1.82, 2.24) is 10.0 Å². The molecule has 0 aliphatic carbocycles. The number of aliphatic hydroxyl groups excluding tert-OH is 1. The highest BCUT2D eigenvalue weighted by Gasteiger charge is 2.43. The maximum atomic E-state index is 12.6. The number of hydrogen-bond acceptors (Lipinski definition) is 7. The minimum Gasteiger partial charge on any atom is -0.450 e.